The molecular weight excluding hydrogens is 326 g/mol. The molecule has 1 heterocycles. The highest BCUT2D eigenvalue weighted by molar-refractivity contribution is 5.92. The predicted octanol–water partition coefficient (Wildman–Crippen LogP) is 3.88. The summed E-state index contributed by atoms with van der Waals surface area (Å²) in [6.45, 7) is -0.0285. The number of halogens is 2. The lowest BCUT2D eigenvalue weighted by Gasteiger charge is -2.17. The Morgan fingerprint density at radius 3 is 2.48 bits per heavy atom. The van der Waals surface area contributed by atoms with Gasteiger partial charge in [-0.2, -0.15) is 0 Å². The second kappa shape index (κ2) is 7.72. The molecule has 6 heteroatoms. The minimum Gasteiger partial charge on any atom is -0.467 e. The Kier molecular flexibility index (Phi) is 5.20. The highest BCUT2D eigenvalue weighted by Gasteiger charge is 2.17. The lowest BCUT2D eigenvalue weighted by Crippen LogP contribution is -2.31. The van der Waals surface area contributed by atoms with Crippen LogP contribution in [0, 0.1) is 11.6 Å². The Bertz CT molecular complexity index is 836. The van der Waals surface area contributed by atoms with Gasteiger partial charge in [-0.15, -0.1) is 0 Å². The van der Waals surface area contributed by atoms with E-state index in [2.05, 4.69) is 10.6 Å². The fourth-order valence-electron chi connectivity index (χ4n) is 2.46. The fraction of sp³-hybridized carbons (Fsp3) is 0.105. The molecule has 25 heavy (non-hydrogen) atoms. The van der Waals surface area contributed by atoms with E-state index in [0.717, 1.165) is 17.7 Å². The van der Waals surface area contributed by atoms with Gasteiger partial charge < -0.3 is 9.73 Å². The quantitative estimate of drug-likeness (QED) is 0.715. The Hall–Kier alpha value is -2.99. The molecule has 1 atom stereocenters. The molecule has 0 saturated heterocycles. The molecule has 0 fully saturated rings. The normalized spacial score (nSPS) is 11.9. The molecule has 4 nitrogen and oxygen atoms in total. The Morgan fingerprint density at radius 2 is 1.80 bits per heavy atom. The first-order valence-corrected chi connectivity index (χ1v) is 7.70. The van der Waals surface area contributed by atoms with Crippen LogP contribution in [0.2, 0.25) is 0 Å². The van der Waals surface area contributed by atoms with Crippen LogP contribution in [0.3, 0.4) is 0 Å². The zero-order valence-corrected chi connectivity index (χ0v) is 13.2. The largest absolute Gasteiger partial charge is 0.467 e. The summed E-state index contributed by atoms with van der Waals surface area (Å²) in [5.41, 5.74) is 1.14. The molecule has 0 bridgehead atoms. The minimum atomic E-state index is -1.01. The summed E-state index contributed by atoms with van der Waals surface area (Å²) in [7, 11) is 0. The van der Waals surface area contributed by atoms with Crippen LogP contribution >= 0.6 is 0 Å². The SMILES string of the molecule is O=C(CN[C@H](c1ccccc1)c1ccco1)Nc1ccc(F)c(F)c1. The third kappa shape index (κ3) is 4.30. The van der Waals surface area contributed by atoms with Crippen LogP contribution in [0.15, 0.2) is 71.3 Å². The summed E-state index contributed by atoms with van der Waals surface area (Å²) in [5, 5.41) is 5.63. The average molecular weight is 342 g/mol. The van der Waals surface area contributed by atoms with Crippen LogP contribution in [-0.2, 0) is 4.79 Å². The summed E-state index contributed by atoms with van der Waals surface area (Å²) >= 11 is 0. The van der Waals surface area contributed by atoms with Crippen LogP contribution in [0.1, 0.15) is 17.4 Å². The first-order valence-electron chi connectivity index (χ1n) is 7.70. The number of amides is 1. The van der Waals surface area contributed by atoms with Crippen molar-refractivity contribution in [1.82, 2.24) is 5.32 Å². The van der Waals surface area contributed by atoms with Gasteiger partial charge in [0.05, 0.1) is 18.8 Å². The second-order valence-corrected chi connectivity index (χ2v) is 5.42. The van der Waals surface area contributed by atoms with Gasteiger partial charge in [-0.3, -0.25) is 10.1 Å². The molecule has 0 unspecified atom stereocenters. The van der Waals surface area contributed by atoms with Gasteiger partial charge in [0, 0.05) is 11.8 Å². The topological polar surface area (TPSA) is 54.3 Å². The number of nitrogens with one attached hydrogen (secondary N) is 2. The number of furan rings is 1. The van der Waals surface area contributed by atoms with Crippen molar-refractivity contribution in [3.05, 3.63) is 89.9 Å². The number of anilines is 1. The smallest absolute Gasteiger partial charge is 0.238 e. The monoisotopic (exact) mass is 342 g/mol. The van der Waals surface area contributed by atoms with Gasteiger partial charge in [0.1, 0.15) is 5.76 Å². The van der Waals surface area contributed by atoms with E-state index in [9.17, 15) is 13.6 Å². The number of hydrogen-bond donors (Lipinski definition) is 2. The lowest BCUT2D eigenvalue weighted by atomic mass is 10.0. The van der Waals surface area contributed by atoms with Gasteiger partial charge in [-0.1, -0.05) is 30.3 Å². The molecule has 0 aliphatic carbocycles. The third-order valence-electron chi connectivity index (χ3n) is 3.63. The lowest BCUT2D eigenvalue weighted by molar-refractivity contribution is -0.115. The molecule has 2 aromatic carbocycles. The molecule has 2 N–H and O–H groups in total. The van der Waals surface area contributed by atoms with Gasteiger partial charge in [0.2, 0.25) is 5.91 Å². The molecule has 1 aromatic heterocycles. The van der Waals surface area contributed by atoms with Crippen molar-refractivity contribution >= 4 is 11.6 Å². The number of carbonyl (C=O) groups excluding carboxylic acids is 1. The number of rotatable bonds is 6. The van der Waals surface area contributed by atoms with Crippen molar-refractivity contribution in [1.29, 1.82) is 0 Å². The Labute approximate surface area is 143 Å². The van der Waals surface area contributed by atoms with Crippen molar-refractivity contribution in [2.45, 2.75) is 6.04 Å². The first kappa shape index (κ1) is 16.9. The number of benzene rings is 2. The summed E-state index contributed by atoms with van der Waals surface area (Å²) in [6, 6.07) is 16.0. The second-order valence-electron chi connectivity index (χ2n) is 5.42. The molecule has 0 aliphatic rings. The van der Waals surface area contributed by atoms with E-state index in [1.54, 1.807) is 12.3 Å². The van der Waals surface area contributed by atoms with E-state index >= 15 is 0 Å². The van der Waals surface area contributed by atoms with E-state index < -0.39 is 11.6 Å². The summed E-state index contributed by atoms with van der Waals surface area (Å²) in [5.74, 6) is -1.67. The first-order chi connectivity index (χ1) is 12.1. The molecule has 128 valence electrons. The Morgan fingerprint density at radius 1 is 1.00 bits per heavy atom. The summed E-state index contributed by atoms with van der Waals surface area (Å²) < 4.78 is 31.6. The third-order valence-corrected chi connectivity index (χ3v) is 3.63. The standard InChI is InChI=1S/C19H16F2N2O2/c20-15-9-8-14(11-16(15)21)23-18(24)12-22-19(17-7-4-10-25-17)13-5-2-1-3-6-13/h1-11,19,22H,12H2,(H,23,24)/t19-/m1/s1. The van der Waals surface area contributed by atoms with Gasteiger partial charge >= 0.3 is 0 Å². The minimum absolute atomic E-state index is 0.0285. The highest BCUT2D eigenvalue weighted by atomic mass is 19.2. The average Bonchev–Trinajstić information content (AvgIpc) is 3.14. The van der Waals surface area contributed by atoms with E-state index in [1.165, 1.54) is 6.07 Å². The highest BCUT2D eigenvalue weighted by Crippen LogP contribution is 2.22. The summed E-state index contributed by atoms with van der Waals surface area (Å²) in [6.07, 6.45) is 1.56. The van der Waals surface area contributed by atoms with Crippen LogP contribution in [0.4, 0.5) is 14.5 Å². The predicted molar refractivity (Wildman–Crippen MR) is 90.0 cm³/mol. The Balaban J connectivity index is 1.66. The van der Waals surface area contributed by atoms with Gasteiger partial charge in [-0.05, 0) is 29.8 Å². The number of carbonyl (C=O) groups is 1. The van der Waals surface area contributed by atoms with Crippen molar-refractivity contribution < 1.29 is 18.0 Å². The van der Waals surface area contributed by atoms with Crippen LogP contribution in [-0.4, -0.2) is 12.5 Å². The van der Waals surface area contributed by atoms with Crippen LogP contribution < -0.4 is 10.6 Å². The molecule has 0 radical (unpaired) electrons. The van der Waals surface area contributed by atoms with Crippen LogP contribution in [0.25, 0.3) is 0 Å². The molecular formula is C19H16F2N2O2. The van der Waals surface area contributed by atoms with Gasteiger partial charge in [0.25, 0.3) is 0 Å². The molecule has 1 amide bonds. The maximum absolute atomic E-state index is 13.2. The summed E-state index contributed by atoms with van der Waals surface area (Å²) in [4.78, 5) is 12.1. The van der Waals surface area contributed by atoms with E-state index in [1.807, 2.05) is 36.4 Å². The van der Waals surface area contributed by atoms with Crippen molar-refractivity contribution in [2.24, 2.45) is 0 Å². The van der Waals surface area contributed by atoms with E-state index in [4.69, 9.17) is 4.42 Å². The molecule has 0 saturated carbocycles. The van der Waals surface area contributed by atoms with E-state index in [0.29, 0.717) is 5.76 Å². The van der Waals surface area contributed by atoms with Gasteiger partial charge in [-0.25, -0.2) is 8.78 Å². The van der Waals surface area contributed by atoms with E-state index in [-0.39, 0.29) is 24.2 Å². The zero-order valence-electron chi connectivity index (χ0n) is 13.2. The maximum atomic E-state index is 13.2. The maximum Gasteiger partial charge on any atom is 0.238 e. The van der Waals surface area contributed by atoms with Gasteiger partial charge in [0.15, 0.2) is 11.6 Å². The van der Waals surface area contributed by atoms with Crippen molar-refractivity contribution in [3.63, 3.8) is 0 Å². The van der Waals surface area contributed by atoms with Crippen LogP contribution in [0.5, 0.6) is 0 Å². The molecule has 0 aliphatic heterocycles. The zero-order chi connectivity index (χ0) is 17.6. The molecule has 3 rings (SSSR count). The fourth-order valence-corrected chi connectivity index (χ4v) is 2.46. The van der Waals surface area contributed by atoms with Crippen molar-refractivity contribution in [3.8, 4) is 0 Å². The number of hydrogen-bond acceptors (Lipinski definition) is 3. The van der Waals surface area contributed by atoms with Crippen molar-refractivity contribution in [2.75, 3.05) is 11.9 Å². The molecule has 0 spiro atoms. The molecule has 3 aromatic rings.